The van der Waals surface area contributed by atoms with Crippen LogP contribution in [0.4, 0.5) is 5.69 Å². The molecule has 0 bridgehead atoms. The van der Waals surface area contributed by atoms with Crippen LogP contribution in [-0.4, -0.2) is 79.2 Å². The molecule has 1 aliphatic carbocycles. The quantitative estimate of drug-likeness (QED) is 0.566. The van der Waals surface area contributed by atoms with Crippen molar-refractivity contribution in [3.8, 4) is 5.75 Å². The average molecular weight is 415 g/mol. The largest absolute Gasteiger partial charge is 0.497 e. The van der Waals surface area contributed by atoms with Gasteiger partial charge in [0.05, 0.1) is 20.3 Å². The Bertz CT molecular complexity index is 934. The zero-order chi connectivity index (χ0) is 21.5. The lowest BCUT2D eigenvalue weighted by atomic mass is 9.48. The minimum absolute atomic E-state index is 0.0259. The van der Waals surface area contributed by atoms with Gasteiger partial charge in [-0.05, 0) is 31.0 Å². The van der Waals surface area contributed by atoms with E-state index in [0.29, 0.717) is 6.42 Å². The number of nitrogens with zero attached hydrogens (tertiary/aromatic N) is 2. The van der Waals surface area contributed by atoms with E-state index in [1.54, 1.807) is 7.11 Å². The van der Waals surface area contributed by atoms with E-state index >= 15 is 0 Å². The molecule has 3 heterocycles. The van der Waals surface area contributed by atoms with Gasteiger partial charge in [-0.2, -0.15) is 0 Å². The summed E-state index contributed by atoms with van der Waals surface area (Å²) < 4.78 is 10.6. The fourth-order valence-electron chi connectivity index (χ4n) is 7.34. The number of aliphatic hydroxyl groups is 2. The van der Waals surface area contributed by atoms with E-state index in [2.05, 4.69) is 17.0 Å². The van der Waals surface area contributed by atoms with E-state index in [0.717, 1.165) is 36.5 Å². The summed E-state index contributed by atoms with van der Waals surface area (Å²) in [7, 11) is 4.79. The summed E-state index contributed by atoms with van der Waals surface area (Å²) in [5.74, 6) is -0.0624. The SMILES string of the molecule is CC[C@]12C=CCN3CC[C@@]4(c5ccc(OC)cc5N(C)C4C(O)(C(=O)OC)C1O)C32. The van der Waals surface area contributed by atoms with E-state index in [9.17, 15) is 15.0 Å². The van der Waals surface area contributed by atoms with Crippen molar-refractivity contribution in [2.75, 3.05) is 39.3 Å². The van der Waals surface area contributed by atoms with E-state index in [-0.39, 0.29) is 6.04 Å². The van der Waals surface area contributed by atoms with Gasteiger partial charge in [0.15, 0.2) is 0 Å². The van der Waals surface area contributed by atoms with Crippen LogP contribution in [0.5, 0.6) is 5.75 Å². The molecule has 0 amide bonds. The number of aliphatic hydroxyl groups excluding tert-OH is 1. The molecule has 5 rings (SSSR count). The van der Waals surface area contributed by atoms with Crippen molar-refractivity contribution in [3.63, 3.8) is 0 Å². The van der Waals surface area contributed by atoms with Gasteiger partial charge in [0, 0.05) is 42.2 Å². The summed E-state index contributed by atoms with van der Waals surface area (Å²) in [4.78, 5) is 17.5. The third kappa shape index (κ3) is 1.95. The van der Waals surface area contributed by atoms with Gasteiger partial charge >= 0.3 is 5.97 Å². The Morgan fingerprint density at radius 2 is 2.07 bits per heavy atom. The van der Waals surface area contributed by atoms with Crippen LogP contribution in [0.3, 0.4) is 0 Å². The Balaban J connectivity index is 1.85. The molecule has 2 fully saturated rings. The van der Waals surface area contributed by atoms with E-state index in [4.69, 9.17) is 9.47 Å². The lowest BCUT2D eigenvalue weighted by Gasteiger charge is -2.63. The number of benzene rings is 1. The van der Waals surface area contributed by atoms with Crippen molar-refractivity contribution in [1.29, 1.82) is 0 Å². The van der Waals surface area contributed by atoms with Crippen molar-refractivity contribution in [3.05, 3.63) is 35.9 Å². The van der Waals surface area contributed by atoms with Gasteiger partial charge in [-0.15, -0.1) is 0 Å². The maximum absolute atomic E-state index is 13.1. The molecule has 6 atom stereocenters. The van der Waals surface area contributed by atoms with Gasteiger partial charge < -0.3 is 24.6 Å². The van der Waals surface area contributed by atoms with Crippen molar-refractivity contribution in [1.82, 2.24) is 4.90 Å². The van der Waals surface area contributed by atoms with Gasteiger partial charge in [0.1, 0.15) is 11.9 Å². The molecule has 162 valence electrons. The molecule has 7 heteroatoms. The summed E-state index contributed by atoms with van der Waals surface area (Å²) in [5.41, 5.74) is -1.31. The molecular weight excluding hydrogens is 384 g/mol. The summed E-state index contributed by atoms with van der Waals surface area (Å²) in [6.45, 7) is 3.67. The van der Waals surface area contributed by atoms with Gasteiger partial charge in [0.2, 0.25) is 5.60 Å². The van der Waals surface area contributed by atoms with Crippen LogP contribution in [0.2, 0.25) is 0 Å². The predicted molar refractivity (Wildman–Crippen MR) is 112 cm³/mol. The Kier molecular flexibility index (Phi) is 4.11. The molecule has 0 radical (unpaired) electrons. The van der Waals surface area contributed by atoms with Crippen LogP contribution in [-0.2, 0) is 14.9 Å². The molecule has 7 nitrogen and oxygen atoms in total. The molecule has 0 aromatic heterocycles. The van der Waals surface area contributed by atoms with Crippen LogP contribution < -0.4 is 9.64 Å². The third-order valence-corrected chi connectivity index (χ3v) is 8.37. The Morgan fingerprint density at radius 3 is 2.73 bits per heavy atom. The van der Waals surface area contributed by atoms with Crippen molar-refractivity contribution >= 4 is 11.7 Å². The fraction of sp³-hybridized carbons (Fsp3) is 0.609. The second kappa shape index (κ2) is 6.22. The van der Waals surface area contributed by atoms with Gasteiger partial charge in [-0.3, -0.25) is 4.90 Å². The van der Waals surface area contributed by atoms with Crippen LogP contribution in [0.25, 0.3) is 0 Å². The monoisotopic (exact) mass is 414 g/mol. The second-order valence-electron chi connectivity index (χ2n) is 9.17. The molecule has 4 aliphatic rings. The Labute approximate surface area is 176 Å². The zero-order valence-corrected chi connectivity index (χ0v) is 18.0. The Hall–Kier alpha value is -2.09. The molecule has 3 aliphatic heterocycles. The van der Waals surface area contributed by atoms with Crippen LogP contribution in [0, 0.1) is 5.41 Å². The molecule has 4 unspecified atom stereocenters. The maximum Gasteiger partial charge on any atom is 0.342 e. The van der Waals surface area contributed by atoms with E-state index in [1.165, 1.54) is 7.11 Å². The molecule has 1 spiro atoms. The Morgan fingerprint density at radius 1 is 1.30 bits per heavy atom. The number of likely N-dealkylation sites (N-methyl/N-ethyl adjacent to an activating group) is 1. The molecule has 1 saturated carbocycles. The molecular formula is C23H30N2O5. The summed E-state index contributed by atoms with van der Waals surface area (Å²) in [6, 6.07) is 5.31. The number of anilines is 1. The molecule has 1 aromatic carbocycles. The highest BCUT2D eigenvalue weighted by atomic mass is 16.5. The first-order chi connectivity index (χ1) is 14.3. The standard InChI is InChI=1S/C23H30N2O5/c1-5-21-9-6-11-25-12-10-22(17(21)25)15-8-7-14(29-3)13-16(15)24(2)18(22)23(28,19(21)26)20(27)30-4/h6-9,13,17-19,26,28H,5,10-12H2,1-4H3/t17?,18?,19?,21-,22-,23?/m1/s1. The number of carbonyl (C=O) groups is 1. The predicted octanol–water partition coefficient (Wildman–Crippen LogP) is 1.07. The van der Waals surface area contributed by atoms with E-state index in [1.807, 2.05) is 37.1 Å². The van der Waals surface area contributed by atoms with E-state index < -0.39 is 34.5 Å². The fourth-order valence-corrected chi connectivity index (χ4v) is 7.34. The number of fused-ring (bicyclic) bond motifs is 1. The first-order valence-electron chi connectivity index (χ1n) is 10.6. The summed E-state index contributed by atoms with van der Waals surface area (Å²) >= 11 is 0. The highest BCUT2D eigenvalue weighted by Crippen LogP contribution is 2.66. The van der Waals surface area contributed by atoms with Crippen LogP contribution >= 0.6 is 0 Å². The number of hydrogen-bond acceptors (Lipinski definition) is 7. The summed E-state index contributed by atoms with van der Waals surface area (Å²) in [6.07, 6.45) is 4.21. The first kappa shape index (κ1) is 19.8. The first-order valence-corrected chi connectivity index (χ1v) is 10.6. The van der Waals surface area contributed by atoms with Crippen molar-refractivity contribution in [2.45, 2.75) is 49.0 Å². The normalized spacial score (nSPS) is 41.3. The van der Waals surface area contributed by atoms with Gasteiger partial charge in [-0.25, -0.2) is 4.79 Å². The minimum Gasteiger partial charge on any atom is -0.497 e. The molecule has 1 saturated heterocycles. The minimum atomic E-state index is -2.07. The third-order valence-electron chi connectivity index (χ3n) is 8.37. The van der Waals surface area contributed by atoms with Crippen LogP contribution in [0.1, 0.15) is 25.3 Å². The molecule has 2 N–H and O–H groups in total. The number of hydrogen-bond donors (Lipinski definition) is 2. The molecule has 30 heavy (non-hydrogen) atoms. The van der Waals surface area contributed by atoms with Crippen molar-refractivity contribution < 1.29 is 24.5 Å². The summed E-state index contributed by atoms with van der Waals surface area (Å²) in [5, 5.41) is 23.7. The van der Waals surface area contributed by atoms with Crippen molar-refractivity contribution in [2.24, 2.45) is 5.41 Å². The average Bonchev–Trinajstić information content (AvgIpc) is 3.28. The number of methoxy groups -OCH3 is 2. The number of rotatable bonds is 3. The number of ether oxygens (including phenoxy) is 2. The maximum atomic E-state index is 13.1. The number of esters is 1. The number of carbonyl (C=O) groups excluding carboxylic acids is 1. The second-order valence-corrected chi connectivity index (χ2v) is 9.17. The highest BCUT2D eigenvalue weighted by molar-refractivity contribution is 5.86. The zero-order valence-electron chi connectivity index (χ0n) is 18.0. The smallest absolute Gasteiger partial charge is 0.342 e. The topological polar surface area (TPSA) is 82.5 Å². The molecule has 1 aromatic rings. The lowest BCUT2D eigenvalue weighted by Crippen LogP contribution is -2.80. The highest BCUT2D eigenvalue weighted by Gasteiger charge is 2.78. The van der Waals surface area contributed by atoms with Crippen LogP contribution in [0.15, 0.2) is 30.4 Å². The lowest BCUT2D eigenvalue weighted by molar-refractivity contribution is -0.218. The van der Waals surface area contributed by atoms with Gasteiger partial charge in [0.25, 0.3) is 0 Å². The van der Waals surface area contributed by atoms with Gasteiger partial charge in [-0.1, -0.05) is 25.1 Å².